The maximum Gasteiger partial charge on any atom is 0.0437 e. The Bertz CT molecular complexity index is 582. The van der Waals surface area contributed by atoms with Gasteiger partial charge in [-0.05, 0) is 25.0 Å². The van der Waals surface area contributed by atoms with Crippen LogP contribution in [0.15, 0.2) is 24.3 Å². The van der Waals surface area contributed by atoms with E-state index in [1.54, 1.807) is 0 Å². The summed E-state index contributed by atoms with van der Waals surface area (Å²) in [6.07, 6.45) is 24.3. The van der Waals surface area contributed by atoms with Crippen LogP contribution in [0.1, 0.15) is 142 Å². The van der Waals surface area contributed by atoms with Crippen LogP contribution in [-0.4, -0.2) is 5.54 Å². The molecule has 0 radical (unpaired) electrons. The molecule has 0 fully saturated rings. The molecule has 31 heavy (non-hydrogen) atoms. The number of rotatable bonds is 17. The summed E-state index contributed by atoms with van der Waals surface area (Å²) < 4.78 is 0. The van der Waals surface area contributed by atoms with E-state index in [-0.39, 0.29) is 34.9 Å². The van der Waals surface area contributed by atoms with Gasteiger partial charge in [-0.1, -0.05) is 142 Å². The molecule has 1 nitrogen and oxygen atoms in total. The van der Waals surface area contributed by atoms with Crippen molar-refractivity contribution >= 4 is 29.7 Å². The first-order chi connectivity index (χ1) is 14.5. The van der Waals surface area contributed by atoms with Gasteiger partial charge in [0.2, 0.25) is 0 Å². The third kappa shape index (κ3) is 9.26. The quantitative estimate of drug-likeness (QED) is 0.153. The smallest absolute Gasteiger partial charge is 0.0437 e. The topological polar surface area (TPSA) is 12.0 Å². The lowest BCUT2D eigenvalue weighted by Gasteiger charge is -2.39. The molecule has 1 aliphatic rings. The largest absolute Gasteiger partial charge is 0.379 e. The van der Waals surface area contributed by atoms with E-state index in [9.17, 15) is 0 Å². The molecule has 1 N–H and O–H groups in total. The number of para-hydroxylation sites is 1. The van der Waals surface area contributed by atoms with Crippen molar-refractivity contribution in [2.75, 3.05) is 5.32 Å². The highest BCUT2D eigenvalue weighted by molar-refractivity contribution is 14.0. The van der Waals surface area contributed by atoms with Gasteiger partial charge in [-0.3, -0.25) is 0 Å². The molecule has 0 bridgehead atoms. The number of hydrogen-bond acceptors (Lipinski definition) is 1. The van der Waals surface area contributed by atoms with Gasteiger partial charge in [0.15, 0.2) is 0 Å². The molecule has 180 valence electrons. The number of nitrogens with one attached hydrogen (secondary N) is 1. The van der Waals surface area contributed by atoms with Crippen molar-refractivity contribution in [1.29, 1.82) is 0 Å². The molecule has 2 heteroatoms. The van der Waals surface area contributed by atoms with Gasteiger partial charge in [0.25, 0.3) is 0 Å². The lowest BCUT2D eigenvalue weighted by Crippen LogP contribution is -2.46. The Hall–Kier alpha value is -0.250. The van der Waals surface area contributed by atoms with Crippen molar-refractivity contribution < 1.29 is 0 Å². The molecule has 0 aliphatic carbocycles. The van der Waals surface area contributed by atoms with Crippen LogP contribution in [-0.2, 0) is 5.41 Å². The fourth-order valence-corrected chi connectivity index (χ4v) is 5.29. The monoisotopic (exact) mass is 541 g/mol. The molecule has 1 heterocycles. The second-order valence-electron chi connectivity index (χ2n) is 10.7. The molecular weight excluding hydrogens is 489 g/mol. The summed E-state index contributed by atoms with van der Waals surface area (Å²) in [5.41, 5.74) is 3.23. The number of halogens is 1. The molecule has 1 atom stereocenters. The van der Waals surface area contributed by atoms with Gasteiger partial charge >= 0.3 is 0 Å². The Morgan fingerprint density at radius 2 is 1.03 bits per heavy atom. The molecule has 0 saturated carbocycles. The van der Waals surface area contributed by atoms with Gasteiger partial charge in [0.05, 0.1) is 0 Å². The third-order valence-corrected chi connectivity index (χ3v) is 7.92. The molecule has 1 aromatic rings. The zero-order valence-electron chi connectivity index (χ0n) is 21.2. The average Bonchev–Trinajstić information content (AvgIpc) is 2.93. The van der Waals surface area contributed by atoms with Crippen LogP contribution in [0.3, 0.4) is 0 Å². The lowest BCUT2D eigenvalue weighted by molar-refractivity contribution is 0.300. The normalized spacial score (nSPS) is 19.0. The van der Waals surface area contributed by atoms with Crippen LogP contribution in [0, 0.1) is 0 Å². The highest BCUT2D eigenvalue weighted by Gasteiger charge is 2.47. The molecule has 0 aromatic heterocycles. The molecule has 0 saturated heterocycles. The highest BCUT2D eigenvalue weighted by atomic mass is 127. The summed E-state index contributed by atoms with van der Waals surface area (Å²) in [6.45, 7) is 9.56. The van der Waals surface area contributed by atoms with Gasteiger partial charge in [0.1, 0.15) is 0 Å². The second-order valence-corrected chi connectivity index (χ2v) is 10.7. The zero-order valence-corrected chi connectivity index (χ0v) is 23.6. The minimum atomic E-state index is 0. The molecular formula is C29H52IN. The number of anilines is 1. The van der Waals surface area contributed by atoms with E-state index in [2.05, 4.69) is 57.3 Å². The molecule has 1 aliphatic heterocycles. The van der Waals surface area contributed by atoms with Crippen molar-refractivity contribution in [3.05, 3.63) is 29.8 Å². The SMILES string of the molecule is CCCCCCCCCCCCCCCCCCC1(C)Nc2ccccc2C1(C)C.I. The fourth-order valence-electron chi connectivity index (χ4n) is 5.29. The molecule has 0 amide bonds. The van der Waals surface area contributed by atoms with Crippen molar-refractivity contribution in [1.82, 2.24) is 0 Å². The van der Waals surface area contributed by atoms with Crippen LogP contribution in [0.5, 0.6) is 0 Å². The number of unbranched alkanes of at least 4 members (excludes halogenated alkanes) is 15. The van der Waals surface area contributed by atoms with Crippen molar-refractivity contribution in [2.45, 2.75) is 148 Å². The summed E-state index contributed by atoms with van der Waals surface area (Å²) >= 11 is 0. The Balaban J connectivity index is 0.00000480. The van der Waals surface area contributed by atoms with Gasteiger partial charge < -0.3 is 5.32 Å². The highest BCUT2D eigenvalue weighted by Crippen LogP contribution is 2.49. The Labute approximate surface area is 212 Å². The molecule has 2 rings (SSSR count). The summed E-state index contributed by atoms with van der Waals surface area (Å²) in [5, 5.41) is 3.85. The standard InChI is InChI=1S/C29H51N.HI/c1-5-6-7-8-9-10-11-12-13-14-15-16-17-18-19-22-25-29(4)28(2,3)26-23-20-21-24-27(26)30-29;/h20-21,23-24,30H,5-19,22,25H2,1-4H3;1H. The number of hydrogen-bond donors (Lipinski definition) is 1. The van der Waals surface area contributed by atoms with Crippen molar-refractivity contribution in [3.63, 3.8) is 0 Å². The van der Waals surface area contributed by atoms with E-state index < -0.39 is 0 Å². The van der Waals surface area contributed by atoms with Crippen LogP contribution >= 0.6 is 24.0 Å². The van der Waals surface area contributed by atoms with Gasteiger partial charge in [-0.25, -0.2) is 0 Å². The van der Waals surface area contributed by atoms with Crippen LogP contribution in [0.2, 0.25) is 0 Å². The van der Waals surface area contributed by atoms with Gasteiger partial charge in [0, 0.05) is 16.6 Å². The first-order valence-electron chi connectivity index (χ1n) is 13.4. The van der Waals surface area contributed by atoms with E-state index in [1.807, 2.05) is 0 Å². The third-order valence-electron chi connectivity index (χ3n) is 7.92. The maximum atomic E-state index is 3.85. The summed E-state index contributed by atoms with van der Waals surface area (Å²) in [5.74, 6) is 0. The van der Waals surface area contributed by atoms with Crippen molar-refractivity contribution in [2.24, 2.45) is 0 Å². The zero-order chi connectivity index (χ0) is 21.7. The average molecular weight is 542 g/mol. The molecule has 1 aromatic carbocycles. The summed E-state index contributed by atoms with van der Waals surface area (Å²) in [4.78, 5) is 0. The fraction of sp³-hybridized carbons (Fsp3) is 0.793. The van der Waals surface area contributed by atoms with E-state index in [0.717, 1.165) is 0 Å². The van der Waals surface area contributed by atoms with Crippen LogP contribution in [0.25, 0.3) is 0 Å². The van der Waals surface area contributed by atoms with E-state index in [1.165, 1.54) is 120 Å². The molecule has 1 unspecified atom stereocenters. The lowest BCUT2D eigenvalue weighted by atomic mass is 9.69. The number of benzene rings is 1. The predicted octanol–water partition coefficient (Wildman–Crippen LogP) is 10.4. The summed E-state index contributed by atoms with van der Waals surface area (Å²) in [7, 11) is 0. The maximum absolute atomic E-state index is 3.85. The van der Waals surface area contributed by atoms with Crippen LogP contribution in [0.4, 0.5) is 5.69 Å². The van der Waals surface area contributed by atoms with Crippen LogP contribution < -0.4 is 5.32 Å². The Kier molecular flexibility index (Phi) is 14.4. The minimum absolute atomic E-state index is 0. The predicted molar refractivity (Wildman–Crippen MR) is 151 cm³/mol. The summed E-state index contributed by atoms with van der Waals surface area (Å²) in [6, 6.07) is 8.89. The van der Waals surface area contributed by atoms with Gasteiger partial charge in [-0.15, -0.1) is 24.0 Å². The Morgan fingerprint density at radius 3 is 1.48 bits per heavy atom. The molecule has 0 spiro atoms. The van der Waals surface area contributed by atoms with E-state index in [0.29, 0.717) is 0 Å². The van der Waals surface area contributed by atoms with E-state index in [4.69, 9.17) is 0 Å². The van der Waals surface area contributed by atoms with Gasteiger partial charge in [-0.2, -0.15) is 0 Å². The van der Waals surface area contributed by atoms with E-state index >= 15 is 0 Å². The Morgan fingerprint density at radius 1 is 0.613 bits per heavy atom. The van der Waals surface area contributed by atoms with Crippen molar-refractivity contribution in [3.8, 4) is 0 Å². The first kappa shape index (κ1) is 28.8. The second kappa shape index (κ2) is 15.6. The number of fused-ring (bicyclic) bond motifs is 1. The first-order valence-corrected chi connectivity index (χ1v) is 13.4. The minimum Gasteiger partial charge on any atom is -0.379 e.